The number of amides is 2. The van der Waals surface area contributed by atoms with Gasteiger partial charge in [0.15, 0.2) is 0 Å². The normalized spacial score (nSPS) is 16.7. The van der Waals surface area contributed by atoms with Crippen molar-refractivity contribution in [2.75, 3.05) is 40.5 Å². The average molecular weight is 995 g/mol. The molecule has 3 aromatic carbocycles. The van der Waals surface area contributed by atoms with Crippen molar-refractivity contribution in [3.05, 3.63) is 134 Å². The highest BCUT2D eigenvalue weighted by Crippen LogP contribution is 2.50. The molecule has 2 heterocycles. The number of hydrogen-bond acceptors (Lipinski definition) is 12. The molecule has 1 aliphatic heterocycles. The van der Waals surface area contributed by atoms with E-state index in [4.69, 9.17) is 28.0 Å². The third-order valence-electron chi connectivity index (χ3n) is 11.4. The highest BCUT2D eigenvalue weighted by Gasteiger charge is 2.45. The van der Waals surface area contributed by atoms with E-state index in [1.807, 2.05) is 112 Å². The molecule has 2 amide bonds. The van der Waals surface area contributed by atoms with E-state index in [1.165, 1.54) is 16.8 Å². The lowest BCUT2D eigenvalue weighted by Gasteiger charge is -2.39. The van der Waals surface area contributed by atoms with Gasteiger partial charge in [-0.3, -0.25) is 23.9 Å². The quantitative estimate of drug-likeness (QED) is 0.0239. The van der Waals surface area contributed by atoms with Crippen molar-refractivity contribution in [3.63, 3.8) is 0 Å². The van der Waals surface area contributed by atoms with Crippen molar-refractivity contribution in [2.24, 2.45) is 0 Å². The molecule has 1 aliphatic rings. The molecule has 378 valence electrons. The first kappa shape index (κ1) is 55.1. The Balaban J connectivity index is 1.44. The summed E-state index contributed by atoms with van der Waals surface area (Å²) >= 11 is 0. The molecular weight excluding hydrogens is 933 g/mol. The van der Waals surface area contributed by atoms with Gasteiger partial charge in [0, 0.05) is 43.9 Å². The molecule has 20 heteroatoms. The maximum absolute atomic E-state index is 13.6. The van der Waals surface area contributed by atoms with Crippen LogP contribution < -0.4 is 31.4 Å². The van der Waals surface area contributed by atoms with Crippen LogP contribution in [-0.4, -0.2) is 97.0 Å². The smallest absolute Gasteiger partial charge is 0.471 e. The fourth-order valence-electron chi connectivity index (χ4n) is 8.00. The van der Waals surface area contributed by atoms with Gasteiger partial charge in [-0.15, -0.1) is 0 Å². The number of nitrogens with zero attached hydrogens (tertiary/aromatic N) is 3. The van der Waals surface area contributed by atoms with Crippen molar-refractivity contribution in [3.8, 4) is 17.6 Å². The molecule has 0 aliphatic carbocycles. The zero-order chi connectivity index (χ0) is 50.8. The standard InChI is InChI=1S/C50H62F3N6O10P/c1-34(2)59(35(3)4)70(67-30-14-27-54)69-42-31-45(58-32-36(46(61)57-48(58)63)17-26-44(60)55-28-12-7-8-13-29-56-47(62)50(51,52)53)68-43(42)33-66-49(37-15-10-9-11-16-37,38-18-22-40(64-5)23-19-38)39-20-24-41(65-6)25-21-39/h9-11,15-26,32,34-35,42-43,45H,7-8,12-14,28-31,33H2,1-6H3,(H,55,60)(H,56,62)(H,57,61,63). The number of H-pyrrole nitrogens is 1. The molecule has 0 spiro atoms. The van der Waals surface area contributed by atoms with Crippen LogP contribution in [0.15, 0.2) is 101 Å². The number of unbranched alkanes of at least 4 members (excludes halogenated alkanes) is 3. The van der Waals surface area contributed by atoms with Gasteiger partial charge < -0.3 is 38.6 Å². The highest BCUT2D eigenvalue weighted by atomic mass is 31.2. The van der Waals surface area contributed by atoms with E-state index in [2.05, 4.69) is 21.0 Å². The van der Waals surface area contributed by atoms with Crippen molar-refractivity contribution >= 4 is 26.4 Å². The molecule has 1 saturated heterocycles. The van der Waals surface area contributed by atoms with E-state index >= 15 is 0 Å². The minimum Gasteiger partial charge on any atom is -0.497 e. The summed E-state index contributed by atoms with van der Waals surface area (Å²) in [6.07, 6.45) is -1.57. The average Bonchev–Trinajstić information content (AvgIpc) is 3.74. The Kier molecular flexibility index (Phi) is 20.7. The molecule has 4 unspecified atom stereocenters. The molecule has 5 rings (SSSR count). The predicted octanol–water partition coefficient (Wildman–Crippen LogP) is 7.88. The number of alkyl halides is 3. The van der Waals surface area contributed by atoms with Crippen LogP contribution in [0.4, 0.5) is 13.2 Å². The van der Waals surface area contributed by atoms with E-state index in [9.17, 15) is 37.6 Å². The first-order chi connectivity index (χ1) is 33.5. The second-order valence-electron chi connectivity index (χ2n) is 16.9. The number of ether oxygens (including phenoxy) is 4. The fourth-order valence-corrected chi connectivity index (χ4v) is 9.76. The van der Waals surface area contributed by atoms with Gasteiger partial charge in [-0.25, -0.2) is 9.46 Å². The Labute approximate surface area is 407 Å². The molecule has 3 N–H and O–H groups in total. The number of carbonyl (C=O) groups excluding carboxylic acids is 2. The van der Waals surface area contributed by atoms with Gasteiger partial charge in [-0.1, -0.05) is 67.4 Å². The highest BCUT2D eigenvalue weighted by molar-refractivity contribution is 7.44. The SMILES string of the molecule is COc1ccc(C(OCC2OC(n3cc(C=CC(=O)NCCCCCCNC(=O)C(F)(F)F)c(=O)[nH]c3=O)CC2OP(OCCC#N)N(C(C)C)C(C)C)(c2ccccc2)c2ccc(OC)cc2)cc1. The van der Waals surface area contributed by atoms with Crippen LogP contribution in [0.1, 0.15) is 94.7 Å². The summed E-state index contributed by atoms with van der Waals surface area (Å²) in [7, 11) is 1.38. The second-order valence-corrected chi connectivity index (χ2v) is 18.3. The summed E-state index contributed by atoms with van der Waals surface area (Å²) in [4.78, 5) is 52.8. The van der Waals surface area contributed by atoms with E-state index in [-0.39, 0.29) is 56.8 Å². The molecule has 1 fully saturated rings. The van der Waals surface area contributed by atoms with E-state index in [0.29, 0.717) is 37.2 Å². The zero-order valence-electron chi connectivity index (χ0n) is 40.2. The van der Waals surface area contributed by atoms with Gasteiger partial charge in [0.25, 0.3) is 14.1 Å². The van der Waals surface area contributed by atoms with Crippen molar-refractivity contribution in [1.82, 2.24) is 24.9 Å². The number of nitriles is 1. The van der Waals surface area contributed by atoms with Gasteiger partial charge >= 0.3 is 17.8 Å². The molecule has 16 nitrogen and oxygen atoms in total. The number of methoxy groups -OCH3 is 2. The molecule has 4 aromatic rings. The Morgan fingerprint density at radius 3 is 2.00 bits per heavy atom. The molecule has 4 atom stereocenters. The number of nitrogens with one attached hydrogen (secondary N) is 3. The van der Waals surface area contributed by atoms with Gasteiger partial charge in [0.1, 0.15) is 29.4 Å². The minimum absolute atomic E-state index is 0.00796. The van der Waals surface area contributed by atoms with Gasteiger partial charge in [-0.2, -0.15) is 18.4 Å². The van der Waals surface area contributed by atoms with Crippen molar-refractivity contribution < 1.29 is 50.8 Å². The lowest BCUT2D eigenvalue weighted by Crippen LogP contribution is -2.39. The number of aromatic nitrogens is 2. The summed E-state index contributed by atoms with van der Waals surface area (Å²) in [6.45, 7) is 8.25. The number of carbonyl (C=O) groups is 2. The summed E-state index contributed by atoms with van der Waals surface area (Å²) < 4.78 is 78.8. The third kappa shape index (κ3) is 14.8. The van der Waals surface area contributed by atoms with Crippen LogP contribution >= 0.6 is 8.53 Å². The van der Waals surface area contributed by atoms with Crippen molar-refractivity contribution in [2.45, 2.75) is 109 Å². The minimum atomic E-state index is -4.93. The van der Waals surface area contributed by atoms with Crippen LogP contribution in [0, 0.1) is 11.3 Å². The van der Waals surface area contributed by atoms with Crippen LogP contribution in [0.5, 0.6) is 11.5 Å². The maximum Gasteiger partial charge on any atom is 0.471 e. The van der Waals surface area contributed by atoms with Gasteiger partial charge in [-0.05, 0) is 87.6 Å². The van der Waals surface area contributed by atoms with Crippen LogP contribution in [0.2, 0.25) is 0 Å². The lowest BCUT2D eigenvalue weighted by atomic mass is 9.80. The summed E-state index contributed by atoms with van der Waals surface area (Å²) in [5.41, 5.74) is -0.396. The first-order valence-corrected chi connectivity index (χ1v) is 24.2. The van der Waals surface area contributed by atoms with Crippen LogP contribution in [0.3, 0.4) is 0 Å². The number of hydrogen-bond donors (Lipinski definition) is 3. The molecular formula is C50H62F3N6O10P. The van der Waals surface area contributed by atoms with Gasteiger partial charge in [0.05, 0.1) is 51.6 Å². The Morgan fingerprint density at radius 2 is 1.46 bits per heavy atom. The Hall–Kier alpha value is -5.87. The molecule has 0 radical (unpaired) electrons. The number of halogens is 3. The Morgan fingerprint density at radius 1 is 0.886 bits per heavy atom. The molecule has 0 bridgehead atoms. The number of aromatic amines is 1. The zero-order valence-corrected chi connectivity index (χ0v) is 41.1. The van der Waals surface area contributed by atoms with Gasteiger partial charge in [0.2, 0.25) is 5.91 Å². The third-order valence-corrected chi connectivity index (χ3v) is 13.5. The van der Waals surface area contributed by atoms with Crippen molar-refractivity contribution in [1.29, 1.82) is 5.26 Å². The second kappa shape index (κ2) is 26.4. The van der Waals surface area contributed by atoms with E-state index in [1.54, 1.807) is 14.2 Å². The summed E-state index contributed by atoms with van der Waals surface area (Å²) in [5.74, 6) is -1.21. The van der Waals surface area contributed by atoms with Crippen LogP contribution in [-0.2, 0) is 33.7 Å². The summed E-state index contributed by atoms with van der Waals surface area (Å²) in [5, 5.41) is 13.9. The fraction of sp³-hybridized carbons (Fsp3) is 0.460. The predicted molar refractivity (Wildman–Crippen MR) is 258 cm³/mol. The largest absolute Gasteiger partial charge is 0.497 e. The lowest BCUT2D eigenvalue weighted by molar-refractivity contribution is -0.173. The monoisotopic (exact) mass is 994 g/mol. The van der Waals surface area contributed by atoms with Crippen LogP contribution in [0.25, 0.3) is 6.08 Å². The van der Waals surface area contributed by atoms with E-state index in [0.717, 1.165) is 22.8 Å². The molecule has 70 heavy (non-hydrogen) atoms. The summed E-state index contributed by atoms with van der Waals surface area (Å²) in [6, 6.07) is 26.9. The topological polar surface area (TPSA) is 195 Å². The van der Waals surface area contributed by atoms with E-state index < -0.39 is 61.8 Å². The maximum atomic E-state index is 13.6. The Bertz CT molecular complexity index is 2420. The molecule has 1 aromatic heterocycles. The first-order valence-electron chi connectivity index (χ1n) is 23.1. The number of benzene rings is 3. The number of rotatable bonds is 26. The molecule has 0 saturated carbocycles.